The number of hydrogen-bond donors (Lipinski definition) is 1. The Balaban J connectivity index is 1.45. The quantitative estimate of drug-likeness (QED) is 0.721. The van der Waals surface area contributed by atoms with Crippen LogP contribution in [0.5, 0.6) is 0 Å². The molecule has 1 aromatic carbocycles. The van der Waals surface area contributed by atoms with Gasteiger partial charge in [-0.15, -0.1) is 16.4 Å². The second-order valence-corrected chi connectivity index (χ2v) is 7.57. The molecule has 3 heterocycles. The number of likely N-dealkylation sites (tertiary alicyclic amines) is 1. The molecule has 0 aliphatic carbocycles. The van der Waals surface area contributed by atoms with Crippen molar-refractivity contribution in [3.63, 3.8) is 0 Å². The van der Waals surface area contributed by atoms with Gasteiger partial charge in [0.1, 0.15) is 6.33 Å². The Hall–Kier alpha value is -3.14. The number of nitrogens with zero attached hydrogens (tertiary/aromatic N) is 6. The van der Waals surface area contributed by atoms with Crippen LogP contribution in [-0.2, 0) is 4.79 Å². The lowest BCUT2D eigenvalue weighted by Gasteiger charge is -2.32. The van der Waals surface area contributed by atoms with Crippen LogP contribution in [0.15, 0.2) is 36.1 Å². The van der Waals surface area contributed by atoms with E-state index in [2.05, 4.69) is 25.8 Å². The summed E-state index contributed by atoms with van der Waals surface area (Å²) in [5.74, 6) is -0.390. The summed E-state index contributed by atoms with van der Waals surface area (Å²) in [6.45, 7) is 2.96. The van der Waals surface area contributed by atoms with E-state index in [9.17, 15) is 9.59 Å². The molecule has 1 atom stereocenters. The van der Waals surface area contributed by atoms with Gasteiger partial charge >= 0.3 is 0 Å². The van der Waals surface area contributed by atoms with Crippen molar-refractivity contribution in [1.82, 2.24) is 30.1 Å². The number of carbonyl (C=O) groups is 2. The van der Waals surface area contributed by atoms with Crippen molar-refractivity contribution >= 4 is 28.3 Å². The summed E-state index contributed by atoms with van der Waals surface area (Å²) in [6, 6.07) is 5.43. The van der Waals surface area contributed by atoms with Crippen molar-refractivity contribution in [2.45, 2.75) is 19.8 Å². The third-order valence-electron chi connectivity index (χ3n) is 4.78. The smallest absolute Gasteiger partial charge is 0.253 e. The molecule has 144 valence electrons. The number of aryl methyl sites for hydroxylation is 1. The summed E-state index contributed by atoms with van der Waals surface area (Å²) in [7, 11) is 0. The van der Waals surface area contributed by atoms with Gasteiger partial charge in [-0.2, -0.15) is 0 Å². The van der Waals surface area contributed by atoms with Crippen LogP contribution < -0.4 is 5.32 Å². The maximum absolute atomic E-state index is 13.0. The first kappa shape index (κ1) is 18.2. The SMILES string of the molecule is Cc1cc(C(=O)N2CCCC(C(=O)Nc3nccs3)C2)ccc1-n1cnnn1. The summed E-state index contributed by atoms with van der Waals surface area (Å²) < 4.78 is 1.56. The highest BCUT2D eigenvalue weighted by Gasteiger charge is 2.29. The summed E-state index contributed by atoms with van der Waals surface area (Å²) in [5.41, 5.74) is 2.31. The number of anilines is 1. The minimum Gasteiger partial charge on any atom is -0.338 e. The third-order valence-corrected chi connectivity index (χ3v) is 5.47. The number of rotatable bonds is 4. The Labute approximate surface area is 165 Å². The molecular formula is C18H19N7O2S. The zero-order chi connectivity index (χ0) is 19.5. The molecule has 1 fully saturated rings. The molecule has 10 heteroatoms. The van der Waals surface area contributed by atoms with Crippen LogP contribution in [0.3, 0.4) is 0 Å². The lowest BCUT2D eigenvalue weighted by Crippen LogP contribution is -2.43. The van der Waals surface area contributed by atoms with Crippen molar-refractivity contribution in [2.24, 2.45) is 5.92 Å². The van der Waals surface area contributed by atoms with E-state index in [0.717, 1.165) is 24.1 Å². The van der Waals surface area contributed by atoms with Gasteiger partial charge in [-0.1, -0.05) is 0 Å². The van der Waals surface area contributed by atoms with Crippen LogP contribution in [0.2, 0.25) is 0 Å². The summed E-state index contributed by atoms with van der Waals surface area (Å²) in [5, 5.41) is 16.4. The molecule has 2 aromatic heterocycles. The predicted molar refractivity (Wildman–Crippen MR) is 103 cm³/mol. The molecule has 28 heavy (non-hydrogen) atoms. The van der Waals surface area contributed by atoms with Gasteiger partial charge in [0.05, 0.1) is 11.6 Å². The molecule has 1 aliphatic heterocycles. The van der Waals surface area contributed by atoms with Gasteiger partial charge in [-0.25, -0.2) is 9.67 Å². The zero-order valence-electron chi connectivity index (χ0n) is 15.3. The number of aromatic nitrogens is 5. The molecule has 9 nitrogen and oxygen atoms in total. The molecule has 1 aliphatic rings. The maximum atomic E-state index is 13.0. The molecule has 0 spiro atoms. The number of thiazole rings is 1. The van der Waals surface area contributed by atoms with Gasteiger partial charge in [0.2, 0.25) is 5.91 Å². The van der Waals surface area contributed by atoms with Crippen LogP contribution >= 0.6 is 11.3 Å². The first-order valence-electron chi connectivity index (χ1n) is 8.95. The van der Waals surface area contributed by atoms with Crippen LogP contribution in [0, 0.1) is 12.8 Å². The fourth-order valence-corrected chi connectivity index (χ4v) is 3.90. The van der Waals surface area contributed by atoms with Gasteiger partial charge in [-0.05, 0) is 54.0 Å². The van der Waals surface area contributed by atoms with Gasteiger partial charge in [0, 0.05) is 30.2 Å². The topological polar surface area (TPSA) is 106 Å². The van der Waals surface area contributed by atoms with Crippen LogP contribution in [0.25, 0.3) is 5.69 Å². The summed E-state index contributed by atoms with van der Waals surface area (Å²) >= 11 is 1.38. The molecule has 1 unspecified atom stereocenters. The van der Waals surface area contributed by atoms with Gasteiger partial charge in [0.25, 0.3) is 5.91 Å². The van der Waals surface area contributed by atoms with Crippen molar-refractivity contribution in [1.29, 1.82) is 0 Å². The van der Waals surface area contributed by atoms with Gasteiger partial charge in [0.15, 0.2) is 5.13 Å². The van der Waals surface area contributed by atoms with Gasteiger partial charge in [-0.3, -0.25) is 9.59 Å². The number of nitrogens with one attached hydrogen (secondary N) is 1. The van der Waals surface area contributed by atoms with E-state index in [0.29, 0.717) is 23.8 Å². The molecule has 1 saturated heterocycles. The first-order chi connectivity index (χ1) is 13.6. The zero-order valence-corrected chi connectivity index (χ0v) is 16.1. The third kappa shape index (κ3) is 3.77. The van der Waals surface area contributed by atoms with E-state index in [1.165, 1.54) is 17.7 Å². The van der Waals surface area contributed by atoms with Crippen LogP contribution in [-0.4, -0.2) is 55.0 Å². The molecule has 3 aromatic rings. The average Bonchev–Trinajstić information content (AvgIpc) is 3.41. The highest BCUT2D eigenvalue weighted by molar-refractivity contribution is 7.13. The van der Waals surface area contributed by atoms with E-state index in [1.54, 1.807) is 21.8 Å². The van der Waals surface area contributed by atoms with E-state index >= 15 is 0 Å². The molecule has 0 radical (unpaired) electrons. The van der Waals surface area contributed by atoms with Crippen LogP contribution in [0.4, 0.5) is 5.13 Å². The number of piperidine rings is 1. The van der Waals surface area contributed by atoms with Crippen molar-refractivity contribution in [3.05, 3.63) is 47.2 Å². The molecule has 4 rings (SSSR count). The molecule has 2 amide bonds. The highest BCUT2D eigenvalue weighted by Crippen LogP contribution is 2.22. The average molecular weight is 397 g/mol. The number of tetrazole rings is 1. The van der Waals surface area contributed by atoms with Crippen LogP contribution in [0.1, 0.15) is 28.8 Å². The van der Waals surface area contributed by atoms with E-state index in [4.69, 9.17) is 0 Å². The van der Waals surface area contributed by atoms with Gasteiger partial charge < -0.3 is 10.2 Å². The number of hydrogen-bond acceptors (Lipinski definition) is 7. The van der Waals surface area contributed by atoms with E-state index in [1.807, 2.05) is 24.4 Å². The molecular weight excluding hydrogens is 378 g/mol. The fraction of sp³-hybridized carbons (Fsp3) is 0.333. The largest absolute Gasteiger partial charge is 0.338 e. The Morgan fingerprint density at radius 3 is 2.93 bits per heavy atom. The normalized spacial score (nSPS) is 16.8. The lowest BCUT2D eigenvalue weighted by molar-refractivity contribution is -0.121. The summed E-state index contributed by atoms with van der Waals surface area (Å²) in [6.07, 6.45) is 4.72. The van der Waals surface area contributed by atoms with E-state index in [-0.39, 0.29) is 17.7 Å². The second-order valence-electron chi connectivity index (χ2n) is 6.67. The molecule has 0 bridgehead atoms. The number of amides is 2. The fourth-order valence-electron chi connectivity index (χ4n) is 3.37. The standard InChI is InChI=1S/C18H19N7O2S/c1-12-9-13(4-5-15(12)25-11-20-22-23-25)17(27)24-7-2-3-14(10-24)16(26)21-18-19-6-8-28-18/h4-6,8-9,11,14H,2-3,7,10H2,1H3,(H,19,21,26). The van der Waals surface area contributed by atoms with E-state index < -0.39 is 0 Å². The predicted octanol–water partition coefficient (Wildman–Crippen LogP) is 1.92. The first-order valence-corrected chi connectivity index (χ1v) is 9.83. The molecule has 1 N–H and O–H groups in total. The van der Waals surface area contributed by atoms with Crippen molar-refractivity contribution < 1.29 is 9.59 Å². The maximum Gasteiger partial charge on any atom is 0.253 e. The monoisotopic (exact) mass is 397 g/mol. The minimum absolute atomic E-state index is 0.0712. The minimum atomic E-state index is -0.233. The number of carbonyl (C=O) groups excluding carboxylic acids is 2. The molecule has 0 saturated carbocycles. The lowest BCUT2D eigenvalue weighted by atomic mass is 9.96. The Morgan fingerprint density at radius 1 is 1.32 bits per heavy atom. The Morgan fingerprint density at radius 2 is 2.21 bits per heavy atom. The van der Waals surface area contributed by atoms with Crippen molar-refractivity contribution in [2.75, 3.05) is 18.4 Å². The Kier molecular flexibility index (Phi) is 5.11. The van der Waals surface area contributed by atoms with Crippen molar-refractivity contribution in [3.8, 4) is 5.69 Å². The summed E-state index contributed by atoms with van der Waals surface area (Å²) in [4.78, 5) is 31.3. The highest BCUT2D eigenvalue weighted by atomic mass is 32.1. The second kappa shape index (κ2) is 7.85. The Bertz CT molecular complexity index is 972. The number of benzene rings is 1.